The van der Waals surface area contributed by atoms with Gasteiger partial charge in [0.15, 0.2) is 5.75 Å². The topological polar surface area (TPSA) is 75.8 Å². The zero-order chi connectivity index (χ0) is 18.5. The van der Waals surface area contributed by atoms with Gasteiger partial charge in [0, 0.05) is 35.3 Å². The first-order valence-corrected chi connectivity index (χ1v) is 8.49. The number of hydrogen-bond donors (Lipinski definition) is 1. The molecule has 0 saturated carbocycles. The summed E-state index contributed by atoms with van der Waals surface area (Å²) in [6.45, 7) is 2.28. The van der Waals surface area contributed by atoms with E-state index in [4.69, 9.17) is 16.3 Å². The molecule has 0 aliphatic carbocycles. The van der Waals surface area contributed by atoms with Gasteiger partial charge in [-0.3, -0.25) is 15.0 Å². The minimum atomic E-state index is -0.647. The number of benzene rings is 2. The number of aromatic hydroxyl groups is 1. The molecule has 1 atom stereocenters. The number of hydrogen-bond acceptors (Lipinski definition) is 5. The van der Waals surface area contributed by atoms with Gasteiger partial charge in [-0.15, -0.1) is 0 Å². The van der Waals surface area contributed by atoms with Crippen molar-refractivity contribution in [3.05, 3.63) is 68.7 Å². The van der Waals surface area contributed by atoms with Crippen LogP contribution in [0.1, 0.15) is 17.2 Å². The molecule has 3 rings (SSSR count). The number of ether oxygens (including phenoxy) is 1. The molecular formula is C19H17ClN2O4. The fourth-order valence-corrected chi connectivity index (χ4v) is 3.05. The predicted molar refractivity (Wildman–Crippen MR) is 98.2 cm³/mol. The number of phenols is 1. The van der Waals surface area contributed by atoms with E-state index < -0.39 is 22.4 Å². The van der Waals surface area contributed by atoms with Crippen molar-refractivity contribution >= 4 is 17.3 Å². The van der Waals surface area contributed by atoms with Crippen LogP contribution in [-0.2, 0) is 4.74 Å². The molecule has 0 bridgehead atoms. The van der Waals surface area contributed by atoms with Crippen LogP contribution in [0.5, 0.6) is 5.75 Å². The smallest absolute Gasteiger partial charge is 0.312 e. The van der Waals surface area contributed by atoms with Gasteiger partial charge in [-0.25, -0.2) is 0 Å². The predicted octanol–water partition coefficient (Wildman–Crippen LogP) is 3.38. The zero-order valence-electron chi connectivity index (χ0n) is 13.9. The molecule has 0 radical (unpaired) electrons. The molecule has 134 valence electrons. The SMILES string of the molecule is O=[N+]([O-])c1cc(Cl)cc(C(C#Cc2ccccc2)N2CCOCC2)c1O. The van der Waals surface area contributed by atoms with Crippen molar-refractivity contribution in [3.63, 3.8) is 0 Å². The molecule has 0 amide bonds. The fraction of sp³-hybridized carbons (Fsp3) is 0.263. The van der Waals surface area contributed by atoms with Crippen LogP contribution in [0.3, 0.4) is 0 Å². The van der Waals surface area contributed by atoms with Crippen LogP contribution in [0.15, 0.2) is 42.5 Å². The Morgan fingerprint density at radius 1 is 1.23 bits per heavy atom. The molecular weight excluding hydrogens is 356 g/mol. The first-order chi connectivity index (χ1) is 12.6. The van der Waals surface area contributed by atoms with E-state index in [1.54, 1.807) is 0 Å². The largest absolute Gasteiger partial charge is 0.502 e. The van der Waals surface area contributed by atoms with Gasteiger partial charge in [-0.2, -0.15) is 0 Å². The number of rotatable bonds is 3. The molecule has 6 nitrogen and oxygen atoms in total. The summed E-state index contributed by atoms with van der Waals surface area (Å²) in [5.41, 5.74) is 0.726. The summed E-state index contributed by atoms with van der Waals surface area (Å²) in [7, 11) is 0. The molecule has 1 unspecified atom stereocenters. The van der Waals surface area contributed by atoms with E-state index in [-0.39, 0.29) is 5.02 Å². The molecule has 1 fully saturated rings. The van der Waals surface area contributed by atoms with Crippen LogP contribution < -0.4 is 0 Å². The lowest BCUT2D eigenvalue weighted by molar-refractivity contribution is -0.385. The van der Waals surface area contributed by atoms with Crippen molar-refractivity contribution in [2.75, 3.05) is 26.3 Å². The Morgan fingerprint density at radius 2 is 1.92 bits per heavy atom. The zero-order valence-corrected chi connectivity index (χ0v) is 14.6. The van der Waals surface area contributed by atoms with Crippen LogP contribution >= 0.6 is 11.6 Å². The fourth-order valence-electron chi connectivity index (χ4n) is 2.83. The van der Waals surface area contributed by atoms with Gasteiger partial charge < -0.3 is 9.84 Å². The normalized spacial score (nSPS) is 15.7. The molecule has 2 aromatic carbocycles. The standard InChI is InChI=1S/C19H17ClN2O4/c20-15-12-16(19(23)18(13-15)22(24)25)17(21-8-10-26-11-9-21)7-6-14-4-2-1-3-5-14/h1-5,12-13,17,23H,8-11H2. The van der Waals surface area contributed by atoms with Crippen LogP contribution in [0.25, 0.3) is 0 Å². The molecule has 26 heavy (non-hydrogen) atoms. The Kier molecular flexibility index (Phi) is 5.74. The molecule has 1 aliphatic heterocycles. The Bertz CT molecular complexity index is 855. The number of phenolic OH excluding ortho intramolecular Hbond substituents is 1. The second-order valence-electron chi connectivity index (χ2n) is 5.81. The summed E-state index contributed by atoms with van der Waals surface area (Å²) >= 11 is 6.06. The highest BCUT2D eigenvalue weighted by Crippen LogP contribution is 2.38. The molecule has 1 heterocycles. The number of halogens is 1. The minimum Gasteiger partial charge on any atom is -0.502 e. The summed E-state index contributed by atoms with van der Waals surface area (Å²) in [6.07, 6.45) is 0. The van der Waals surface area contributed by atoms with Crippen LogP contribution in [0.4, 0.5) is 5.69 Å². The highest BCUT2D eigenvalue weighted by atomic mass is 35.5. The third-order valence-electron chi connectivity index (χ3n) is 4.11. The van der Waals surface area contributed by atoms with Crippen LogP contribution in [0, 0.1) is 22.0 Å². The van der Waals surface area contributed by atoms with Gasteiger partial charge in [0.05, 0.1) is 18.1 Å². The summed E-state index contributed by atoms with van der Waals surface area (Å²) in [6, 6.07) is 11.6. The Hall–Kier alpha value is -2.59. The van der Waals surface area contributed by atoms with Gasteiger partial charge in [0.2, 0.25) is 0 Å². The maximum absolute atomic E-state index is 11.2. The molecule has 1 aliphatic rings. The Balaban J connectivity index is 2.06. The summed E-state index contributed by atoms with van der Waals surface area (Å²) in [5, 5.41) is 21.9. The van der Waals surface area contributed by atoms with E-state index in [2.05, 4.69) is 11.8 Å². The second kappa shape index (κ2) is 8.19. The summed E-state index contributed by atoms with van der Waals surface area (Å²) < 4.78 is 5.38. The third-order valence-corrected chi connectivity index (χ3v) is 4.33. The summed E-state index contributed by atoms with van der Waals surface area (Å²) in [5.74, 6) is 5.81. The maximum atomic E-state index is 11.2. The number of nitro groups is 1. The first-order valence-electron chi connectivity index (χ1n) is 8.11. The average Bonchev–Trinajstić information content (AvgIpc) is 2.66. The van der Waals surface area contributed by atoms with Gasteiger partial charge in [-0.1, -0.05) is 41.6 Å². The lowest BCUT2D eigenvalue weighted by Crippen LogP contribution is -2.38. The van der Waals surface area contributed by atoms with Crippen molar-refractivity contribution in [2.45, 2.75) is 6.04 Å². The Morgan fingerprint density at radius 3 is 2.58 bits per heavy atom. The van der Waals surface area contributed by atoms with Crippen molar-refractivity contribution in [2.24, 2.45) is 0 Å². The second-order valence-corrected chi connectivity index (χ2v) is 6.24. The highest BCUT2D eigenvalue weighted by Gasteiger charge is 2.28. The van der Waals surface area contributed by atoms with Crippen molar-refractivity contribution < 1.29 is 14.8 Å². The molecule has 2 aromatic rings. The van der Waals surface area contributed by atoms with E-state index in [0.717, 1.165) is 11.6 Å². The summed E-state index contributed by atoms with van der Waals surface area (Å²) in [4.78, 5) is 12.6. The van der Waals surface area contributed by atoms with Gasteiger partial charge >= 0.3 is 5.69 Å². The van der Waals surface area contributed by atoms with Crippen molar-refractivity contribution in [1.29, 1.82) is 0 Å². The van der Waals surface area contributed by atoms with E-state index in [9.17, 15) is 15.2 Å². The van der Waals surface area contributed by atoms with Crippen LogP contribution in [-0.4, -0.2) is 41.2 Å². The van der Waals surface area contributed by atoms with Gasteiger partial charge in [-0.05, 0) is 18.2 Å². The Labute approximate surface area is 156 Å². The van der Waals surface area contributed by atoms with Crippen LogP contribution in [0.2, 0.25) is 5.02 Å². The monoisotopic (exact) mass is 372 g/mol. The minimum absolute atomic E-state index is 0.185. The molecule has 7 heteroatoms. The van der Waals surface area contributed by atoms with E-state index in [1.165, 1.54) is 6.07 Å². The molecule has 0 aromatic heterocycles. The van der Waals surface area contributed by atoms with Gasteiger partial charge in [0.1, 0.15) is 6.04 Å². The quantitative estimate of drug-likeness (QED) is 0.508. The molecule has 0 spiro atoms. The number of nitro benzene ring substituents is 1. The van der Waals surface area contributed by atoms with Gasteiger partial charge in [0.25, 0.3) is 0 Å². The van der Waals surface area contributed by atoms with E-state index in [0.29, 0.717) is 31.9 Å². The first kappa shape index (κ1) is 18.2. The average molecular weight is 373 g/mol. The number of morpholine rings is 1. The molecule has 1 saturated heterocycles. The van der Waals surface area contributed by atoms with E-state index in [1.807, 2.05) is 35.2 Å². The van der Waals surface area contributed by atoms with E-state index >= 15 is 0 Å². The van der Waals surface area contributed by atoms with Crippen molar-refractivity contribution in [3.8, 4) is 17.6 Å². The third kappa shape index (κ3) is 4.14. The lowest BCUT2D eigenvalue weighted by Gasteiger charge is -2.32. The van der Waals surface area contributed by atoms with Crippen molar-refractivity contribution in [1.82, 2.24) is 4.90 Å². The lowest BCUT2D eigenvalue weighted by atomic mass is 10.0. The maximum Gasteiger partial charge on any atom is 0.312 e. The molecule has 1 N–H and O–H groups in total. The highest BCUT2D eigenvalue weighted by molar-refractivity contribution is 6.31. The number of nitrogens with zero attached hydrogens (tertiary/aromatic N) is 2.